The van der Waals surface area contributed by atoms with Crippen molar-refractivity contribution in [1.82, 2.24) is 9.88 Å². The number of fused-ring (bicyclic) bond motifs is 1. The molecule has 0 radical (unpaired) electrons. The number of aromatic nitrogens is 1. The molecule has 1 atom stereocenters. The molecule has 118 valence electrons. The Morgan fingerprint density at radius 3 is 2.52 bits per heavy atom. The Labute approximate surface area is 132 Å². The second-order valence-electron chi connectivity index (χ2n) is 5.52. The highest BCUT2D eigenvalue weighted by Gasteiger charge is 2.17. The molecule has 3 nitrogen and oxygen atoms in total. The van der Waals surface area contributed by atoms with Crippen LogP contribution in [-0.4, -0.2) is 10.5 Å². The van der Waals surface area contributed by atoms with Crippen molar-refractivity contribution >= 4 is 16.8 Å². The van der Waals surface area contributed by atoms with Gasteiger partial charge in [-0.2, -0.15) is 0 Å². The molecule has 0 fully saturated rings. The molecular formula is C18H16F2N2O. The van der Waals surface area contributed by atoms with Crippen molar-refractivity contribution in [3.8, 4) is 0 Å². The minimum Gasteiger partial charge on any atom is -0.344 e. The van der Waals surface area contributed by atoms with Crippen LogP contribution in [0.25, 0.3) is 10.9 Å². The summed E-state index contributed by atoms with van der Waals surface area (Å²) < 4.78 is 28.1. The average Bonchev–Trinajstić information content (AvgIpc) is 2.87. The van der Waals surface area contributed by atoms with Crippen molar-refractivity contribution in [2.24, 2.45) is 7.05 Å². The van der Waals surface area contributed by atoms with E-state index in [1.165, 1.54) is 6.07 Å². The van der Waals surface area contributed by atoms with Gasteiger partial charge in [0.1, 0.15) is 5.69 Å². The molecule has 3 aromatic rings. The Morgan fingerprint density at radius 1 is 1.09 bits per heavy atom. The molecule has 1 unspecified atom stereocenters. The molecule has 1 aromatic heterocycles. The van der Waals surface area contributed by atoms with Gasteiger partial charge in [-0.05, 0) is 36.8 Å². The van der Waals surface area contributed by atoms with Crippen LogP contribution in [0.5, 0.6) is 0 Å². The Hall–Kier alpha value is -2.69. The summed E-state index contributed by atoms with van der Waals surface area (Å²) in [6, 6.07) is 12.7. The number of aryl methyl sites for hydroxylation is 1. The van der Waals surface area contributed by atoms with Crippen LogP contribution in [0.1, 0.15) is 29.0 Å². The number of rotatable bonds is 3. The van der Waals surface area contributed by atoms with Crippen molar-refractivity contribution in [2.45, 2.75) is 13.0 Å². The zero-order valence-electron chi connectivity index (χ0n) is 12.8. The fourth-order valence-corrected chi connectivity index (χ4v) is 2.64. The number of hydrogen-bond donors (Lipinski definition) is 1. The van der Waals surface area contributed by atoms with Crippen LogP contribution in [0.15, 0.2) is 48.5 Å². The van der Waals surface area contributed by atoms with Gasteiger partial charge in [-0.1, -0.05) is 24.3 Å². The standard InChI is InChI=1S/C18H16F2N2O/c1-11(12-7-8-14(19)15(20)9-12)21-18(23)17-10-13-5-3-4-6-16(13)22(17)2/h3-11H,1-2H3,(H,21,23). The summed E-state index contributed by atoms with van der Waals surface area (Å²) in [5.41, 5.74) is 1.98. The second kappa shape index (κ2) is 5.83. The molecule has 2 aromatic carbocycles. The number of para-hydroxylation sites is 1. The zero-order valence-corrected chi connectivity index (χ0v) is 12.8. The number of benzene rings is 2. The summed E-state index contributed by atoms with van der Waals surface area (Å²) in [5.74, 6) is -2.09. The first-order valence-electron chi connectivity index (χ1n) is 7.27. The maximum absolute atomic E-state index is 13.3. The van der Waals surface area contributed by atoms with Crippen LogP contribution in [0.2, 0.25) is 0 Å². The average molecular weight is 314 g/mol. The van der Waals surface area contributed by atoms with Crippen LogP contribution in [0, 0.1) is 11.6 Å². The van der Waals surface area contributed by atoms with E-state index in [0.717, 1.165) is 23.0 Å². The minimum absolute atomic E-state index is 0.263. The normalized spacial score (nSPS) is 12.3. The number of amides is 1. The lowest BCUT2D eigenvalue weighted by atomic mass is 10.1. The topological polar surface area (TPSA) is 34.0 Å². The van der Waals surface area contributed by atoms with Gasteiger partial charge < -0.3 is 9.88 Å². The Balaban J connectivity index is 1.85. The third kappa shape index (κ3) is 2.82. The predicted octanol–water partition coefficient (Wildman–Crippen LogP) is 3.95. The highest BCUT2D eigenvalue weighted by atomic mass is 19.2. The molecule has 1 amide bonds. The van der Waals surface area contributed by atoms with E-state index in [1.54, 1.807) is 6.92 Å². The number of carbonyl (C=O) groups is 1. The van der Waals surface area contributed by atoms with Gasteiger partial charge in [0.25, 0.3) is 5.91 Å². The Morgan fingerprint density at radius 2 is 1.83 bits per heavy atom. The van der Waals surface area contributed by atoms with Crippen molar-refractivity contribution in [2.75, 3.05) is 0 Å². The lowest BCUT2D eigenvalue weighted by molar-refractivity contribution is 0.0932. The van der Waals surface area contributed by atoms with Crippen molar-refractivity contribution in [1.29, 1.82) is 0 Å². The largest absolute Gasteiger partial charge is 0.344 e. The number of nitrogens with one attached hydrogen (secondary N) is 1. The van der Waals surface area contributed by atoms with E-state index in [0.29, 0.717) is 11.3 Å². The summed E-state index contributed by atoms with van der Waals surface area (Å²) in [7, 11) is 1.82. The summed E-state index contributed by atoms with van der Waals surface area (Å²) in [4.78, 5) is 12.5. The summed E-state index contributed by atoms with van der Waals surface area (Å²) in [6.45, 7) is 1.73. The first-order chi connectivity index (χ1) is 11.0. The van der Waals surface area contributed by atoms with Gasteiger partial charge >= 0.3 is 0 Å². The van der Waals surface area contributed by atoms with Crippen LogP contribution in [-0.2, 0) is 7.05 Å². The van der Waals surface area contributed by atoms with Crippen molar-refractivity contribution < 1.29 is 13.6 Å². The van der Waals surface area contributed by atoms with Crippen LogP contribution in [0.4, 0.5) is 8.78 Å². The van der Waals surface area contributed by atoms with E-state index in [9.17, 15) is 13.6 Å². The SMILES string of the molecule is CC(NC(=O)c1cc2ccccc2n1C)c1ccc(F)c(F)c1. The maximum atomic E-state index is 13.3. The van der Waals surface area contributed by atoms with E-state index in [1.807, 2.05) is 41.9 Å². The molecule has 0 bridgehead atoms. The third-order valence-electron chi connectivity index (χ3n) is 3.98. The van der Waals surface area contributed by atoms with E-state index in [4.69, 9.17) is 0 Å². The first-order valence-corrected chi connectivity index (χ1v) is 7.27. The predicted molar refractivity (Wildman–Crippen MR) is 85.2 cm³/mol. The number of nitrogens with zero attached hydrogens (tertiary/aromatic N) is 1. The fraction of sp³-hybridized carbons (Fsp3) is 0.167. The molecule has 23 heavy (non-hydrogen) atoms. The fourth-order valence-electron chi connectivity index (χ4n) is 2.64. The highest BCUT2D eigenvalue weighted by molar-refractivity contribution is 5.98. The van der Waals surface area contributed by atoms with E-state index < -0.39 is 17.7 Å². The highest BCUT2D eigenvalue weighted by Crippen LogP contribution is 2.20. The van der Waals surface area contributed by atoms with E-state index in [-0.39, 0.29) is 5.91 Å². The quantitative estimate of drug-likeness (QED) is 0.780. The molecule has 0 aliphatic carbocycles. The lowest BCUT2D eigenvalue weighted by Crippen LogP contribution is -2.28. The van der Waals surface area contributed by atoms with Crippen LogP contribution in [0.3, 0.4) is 0 Å². The van der Waals surface area contributed by atoms with E-state index in [2.05, 4.69) is 5.32 Å². The zero-order chi connectivity index (χ0) is 16.6. The van der Waals surface area contributed by atoms with Gasteiger partial charge in [0.05, 0.1) is 6.04 Å². The summed E-state index contributed by atoms with van der Waals surface area (Å²) in [5, 5.41) is 3.78. The van der Waals surface area contributed by atoms with Gasteiger partial charge in [-0.25, -0.2) is 8.78 Å². The third-order valence-corrected chi connectivity index (χ3v) is 3.98. The molecule has 1 N–H and O–H groups in total. The molecule has 0 aliphatic heterocycles. The molecule has 5 heteroatoms. The maximum Gasteiger partial charge on any atom is 0.268 e. The summed E-state index contributed by atoms with van der Waals surface area (Å²) >= 11 is 0. The molecule has 1 heterocycles. The van der Waals surface area contributed by atoms with Gasteiger partial charge in [-0.3, -0.25) is 4.79 Å². The van der Waals surface area contributed by atoms with Gasteiger partial charge in [0.15, 0.2) is 11.6 Å². The molecule has 0 saturated carbocycles. The van der Waals surface area contributed by atoms with Crippen LogP contribution < -0.4 is 5.32 Å². The lowest BCUT2D eigenvalue weighted by Gasteiger charge is -2.15. The molecule has 3 rings (SSSR count). The van der Waals surface area contributed by atoms with Gasteiger partial charge in [-0.15, -0.1) is 0 Å². The van der Waals surface area contributed by atoms with E-state index >= 15 is 0 Å². The molecule has 0 aliphatic rings. The van der Waals surface area contributed by atoms with Gasteiger partial charge in [0, 0.05) is 18.0 Å². The molecular weight excluding hydrogens is 298 g/mol. The number of halogens is 2. The number of carbonyl (C=O) groups excluding carboxylic acids is 1. The minimum atomic E-state index is -0.923. The second-order valence-corrected chi connectivity index (χ2v) is 5.52. The number of hydrogen-bond acceptors (Lipinski definition) is 1. The van der Waals surface area contributed by atoms with Crippen molar-refractivity contribution in [3.05, 3.63) is 71.4 Å². The van der Waals surface area contributed by atoms with Crippen molar-refractivity contribution in [3.63, 3.8) is 0 Å². The first kappa shape index (κ1) is 15.2. The Kier molecular flexibility index (Phi) is 3.86. The monoisotopic (exact) mass is 314 g/mol. The molecule has 0 spiro atoms. The molecule has 0 saturated heterocycles. The van der Waals surface area contributed by atoms with Gasteiger partial charge in [0.2, 0.25) is 0 Å². The summed E-state index contributed by atoms with van der Waals surface area (Å²) in [6.07, 6.45) is 0. The smallest absolute Gasteiger partial charge is 0.268 e. The Bertz CT molecular complexity index is 886. The van der Waals surface area contributed by atoms with Crippen LogP contribution >= 0.6 is 0 Å².